The van der Waals surface area contributed by atoms with Crippen molar-refractivity contribution < 1.29 is 14.8 Å². The van der Waals surface area contributed by atoms with Gasteiger partial charge in [0.15, 0.2) is 0 Å². The molecule has 0 spiro atoms. The summed E-state index contributed by atoms with van der Waals surface area (Å²) in [6.07, 6.45) is -0.454. The predicted molar refractivity (Wildman–Crippen MR) is 54.0 cm³/mol. The standard InChI is InChI=1S/C9H11N3O3/c10-6-3-1-2-4-7(6)11-8(13)5-9(14)12-15/h1-4,15H,5,10H2,(H,11,13)(H,12,14). The minimum Gasteiger partial charge on any atom is -0.397 e. The molecule has 1 aromatic rings. The molecule has 6 heteroatoms. The SMILES string of the molecule is Nc1ccccc1NC(=O)CC(=O)NO. The molecule has 0 heterocycles. The van der Waals surface area contributed by atoms with E-state index in [-0.39, 0.29) is 0 Å². The molecule has 0 saturated heterocycles. The fourth-order valence-electron chi connectivity index (χ4n) is 0.991. The number of carbonyl (C=O) groups is 2. The van der Waals surface area contributed by atoms with Crippen molar-refractivity contribution in [3.05, 3.63) is 24.3 Å². The molecule has 6 nitrogen and oxygen atoms in total. The number of hydroxylamine groups is 1. The smallest absolute Gasteiger partial charge is 0.252 e. The average molecular weight is 209 g/mol. The highest BCUT2D eigenvalue weighted by molar-refractivity contribution is 6.04. The number of nitrogen functional groups attached to an aromatic ring is 1. The maximum absolute atomic E-state index is 11.2. The number of anilines is 2. The summed E-state index contributed by atoms with van der Waals surface area (Å²) in [5, 5.41) is 10.6. The van der Waals surface area contributed by atoms with E-state index in [2.05, 4.69) is 5.32 Å². The summed E-state index contributed by atoms with van der Waals surface area (Å²) >= 11 is 0. The first-order chi connectivity index (χ1) is 7.13. The molecule has 2 amide bonds. The van der Waals surface area contributed by atoms with Crippen molar-refractivity contribution >= 4 is 23.2 Å². The summed E-state index contributed by atoms with van der Waals surface area (Å²) in [5.41, 5.74) is 7.78. The zero-order chi connectivity index (χ0) is 11.3. The van der Waals surface area contributed by atoms with Gasteiger partial charge >= 0.3 is 0 Å². The Morgan fingerprint density at radius 3 is 2.53 bits per heavy atom. The lowest BCUT2D eigenvalue weighted by atomic mass is 10.2. The van der Waals surface area contributed by atoms with Crippen LogP contribution in [-0.2, 0) is 9.59 Å². The number of amides is 2. The van der Waals surface area contributed by atoms with Crippen molar-refractivity contribution in [2.75, 3.05) is 11.1 Å². The lowest BCUT2D eigenvalue weighted by molar-refractivity contribution is -0.132. The van der Waals surface area contributed by atoms with Crippen molar-refractivity contribution in [1.82, 2.24) is 5.48 Å². The lowest BCUT2D eigenvalue weighted by Crippen LogP contribution is -2.25. The molecule has 5 N–H and O–H groups in total. The van der Waals surface area contributed by atoms with Crippen LogP contribution in [0.5, 0.6) is 0 Å². The Balaban J connectivity index is 2.59. The number of nitrogens with one attached hydrogen (secondary N) is 2. The van der Waals surface area contributed by atoms with E-state index in [0.717, 1.165) is 0 Å². The van der Waals surface area contributed by atoms with Crippen LogP contribution in [-0.4, -0.2) is 17.0 Å². The summed E-state index contributed by atoms with van der Waals surface area (Å²) in [4.78, 5) is 21.8. The number of para-hydroxylation sites is 2. The number of carbonyl (C=O) groups excluding carboxylic acids is 2. The highest BCUT2D eigenvalue weighted by Crippen LogP contribution is 2.16. The first-order valence-electron chi connectivity index (χ1n) is 4.20. The first-order valence-corrected chi connectivity index (χ1v) is 4.20. The van der Waals surface area contributed by atoms with Crippen LogP contribution >= 0.6 is 0 Å². The van der Waals surface area contributed by atoms with Gasteiger partial charge in [0, 0.05) is 0 Å². The largest absolute Gasteiger partial charge is 0.397 e. The molecular weight excluding hydrogens is 198 g/mol. The summed E-state index contributed by atoms with van der Waals surface area (Å²) in [6.45, 7) is 0. The van der Waals surface area contributed by atoms with E-state index in [9.17, 15) is 9.59 Å². The third kappa shape index (κ3) is 3.28. The second-order valence-corrected chi connectivity index (χ2v) is 2.85. The van der Waals surface area contributed by atoms with Crippen LogP contribution in [0.2, 0.25) is 0 Å². The molecule has 0 aromatic heterocycles. The summed E-state index contributed by atoms with van der Waals surface area (Å²) in [7, 11) is 0. The van der Waals surface area contributed by atoms with E-state index >= 15 is 0 Å². The number of hydrogen-bond donors (Lipinski definition) is 4. The maximum atomic E-state index is 11.2. The third-order valence-corrected chi connectivity index (χ3v) is 1.68. The van der Waals surface area contributed by atoms with Gasteiger partial charge in [-0.3, -0.25) is 14.8 Å². The second-order valence-electron chi connectivity index (χ2n) is 2.85. The Kier molecular flexibility index (Phi) is 3.64. The molecule has 0 atom stereocenters. The van der Waals surface area contributed by atoms with Gasteiger partial charge in [-0.05, 0) is 12.1 Å². The molecule has 0 bridgehead atoms. The predicted octanol–water partition coefficient (Wildman–Crippen LogP) is 0.103. The molecule has 0 radical (unpaired) electrons. The van der Waals surface area contributed by atoms with Gasteiger partial charge in [-0.1, -0.05) is 12.1 Å². The highest BCUT2D eigenvalue weighted by Gasteiger charge is 2.09. The van der Waals surface area contributed by atoms with Gasteiger partial charge in [0.1, 0.15) is 6.42 Å². The van der Waals surface area contributed by atoms with Gasteiger partial charge in [0.25, 0.3) is 5.91 Å². The van der Waals surface area contributed by atoms with Crippen molar-refractivity contribution in [3.8, 4) is 0 Å². The minimum atomic E-state index is -0.776. The summed E-state index contributed by atoms with van der Waals surface area (Å²) in [6, 6.07) is 6.68. The second kappa shape index (κ2) is 4.97. The van der Waals surface area contributed by atoms with Gasteiger partial charge in [-0.2, -0.15) is 0 Å². The Bertz CT molecular complexity index is 379. The van der Waals surface area contributed by atoms with Crippen LogP contribution in [0.15, 0.2) is 24.3 Å². The van der Waals surface area contributed by atoms with Gasteiger partial charge in [-0.15, -0.1) is 0 Å². The number of hydrogen-bond acceptors (Lipinski definition) is 4. The fourth-order valence-corrected chi connectivity index (χ4v) is 0.991. The van der Waals surface area contributed by atoms with Gasteiger partial charge < -0.3 is 11.1 Å². The monoisotopic (exact) mass is 209 g/mol. The Hall–Kier alpha value is -2.08. The maximum Gasteiger partial charge on any atom is 0.252 e. The molecule has 0 unspecified atom stereocenters. The Labute approximate surface area is 86.0 Å². The molecule has 15 heavy (non-hydrogen) atoms. The molecule has 0 fully saturated rings. The Morgan fingerprint density at radius 2 is 1.93 bits per heavy atom. The molecular formula is C9H11N3O3. The van der Waals surface area contributed by atoms with Crippen LogP contribution in [0.4, 0.5) is 11.4 Å². The van der Waals surface area contributed by atoms with Gasteiger partial charge in [0.05, 0.1) is 11.4 Å². The van der Waals surface area contributed by atoms with Gasteiger partial charge in [0.2, 0.25) is 5.91 Å². The summed E-state index contributed by atoms with van der Waals surface area (Å²) < 4.78 is 0. The molecule has 0 aliphatic rings. The quantitative estimate of drug-likeness (QED) is 0.245. The molecule has 1 aromatic carbocycles. The fraction of sp³-hybridized carbons (Fsp3) is 0.111. The number of nitrogens with two attached hydrogens (primary N) is 1. The van der Waals surface area contributed by atoms with E-state index in [4.69, 9.17) is 10.9 Å². The van der Waals surface area contributed by atoms with Crippen molar-refractivity contribution in [1.29, 1.82) is 0 Å². The summed E-state index contributed by atoms with van der Waals surface area (Å²) in [5.74, 6) is -1.32. The topological polar surface area (TPSA) is 104 Å². The normalized spacial score (nSPS) is 9.40. The molecule has 0 aliphatic carbocycles. The molecule has 0 aliphatic heterocycles. The zero-order valence-corrected chi connectivity index (χ0v) is 7.86. The van der Waals surface area contributed by atoms with Gasteiger partial charge in [-0.25, -0.2) is 5.48 Å². The molecule has 80 valence electrons. The van der Waals surface area contributed by atoms with Crippen molar-refractivity contribution in [3.63, 3.8) is 0 Å². The Morgan fingerprint density at radius 1 is 1.27 bits per heavy atom. The number of rotatable bonds is 3. The highest BCUT2D eigenvalue weighted by atomic mass is 16.5. The molecule has 0 saturated carbocycles. The van der Waals surface area contributed by atoms with E-state index in [1.54, 1.807) is 24.3 Å². The van der Waals surface area contributed by atoms with E-state index in [0.29, 0.717) is 11.4 Å². The van der Waals surface area contributed by atoms with Crippen LogP contribution in [0.3, 0.4) is 0 Å². The zero-order valence-electron chi connectivity index (χ0n) is 7.86. The van der Waals surface area contributed by atoms with Crippen LogP contribution in [0, 0.1) is 0 Å². The van der Waals surface area contributed by atoms with Crippen molar-refractivity contribution in [2.24, 2.45) is 0 Å². The first kappa shape index (κ1) is 11.0. The van der Waals surface area contributed by atoms with Crippen LogP contribution in [0.1, 0.15) is 6.42 Å². The number of benzene rings is 1. The van der Waals surface area contributed by atoms with Crippen molar-refractivity contribution in [2.45, 2.75) is 6.42 Å². The third-order valence-electron chi connectivity index (χ3n) is 1.68. The van der Waals surface area contributed by atoms with E-state index < -0.39 is 18.2 Å². The van der Waals surface area contributed by atoms with E-state index in [1.807, 2.05) is 0 Å². The van der Waals surface area contributed by atoms with E-state index in [1.165, 1.54) is 5.48 Å². The lowest BCUT2D eigenvalue weighted by Gasteiger charge is -2.06. The van der Waals surface area contributed by atoms with Crippen LogP contribution in [0.25, 0.3) is 0 Å². The molecule has 1 rings (SSSR count). The van der Waals surface area contributed by atoms with Crippen LogP contribution < -0.4 is 16.5 Å². The minimum absolute atomic E-state index is 0.412. The average Bonchev–Trinajstić information content (AvgIpc) is 2.21.